The van der Waals surface area contributed by atoms with Crippen LogP contribution in [0.2, 0.25) is 0 Å². The van der Waals surface area contributed by atoms with Gasteiger partial charge in [-0.3, -0.25) is 4.79 Å². The van der Waals surface area contributed by atoms with Crippen molar-refractivity contribution in [3.05, 3.63) is 29.6 Å². The van der Waals surface area contributed by atoms with Crippen molar-refractivity contribution in [2.45, 2.75) is 6.10 Å². The van der Waals surface area contributed by atoms with E-state index in [-0.39, 0.29) is 17.8 Å². The van der Waals surface area contributed by atoms with E-state index in [1.54, 1.807) is 0 Å². The molecule has 0 spiro atoms. The van der Waals surface area contributed by atoms with E-state index < -0.39 is 24.4 Å². The molecule has 0 aliphatic rings. The van der Waals surface area contributed by atoms with Crippen LogP contribution in [0, 0.1) is 5.82 Å². The highest BCUT2D eigenvalue weighted by atomic mass is 19.1. The lowest BCUT2D eigenvalue weighted by Gasteiger charge is -2.10. The zero-order valence-corrected chi connectivity index (χ0v) is 8.48. The Morgan fingerprint density at radius 3 is 2.81 bits per heavy atom. The summed E-state index contributed by atoms with van der Waals surface area (Å²) in [4.78, 5) is 11.5. The molecule has 5 nitrogen and oxygen atoms in total. The fourth-order valence-electron chi connectivity index (χ4n) is 1.11. The molecule has 0 bridgehead atoms. The molecule has 0 saturated carbocycles. The Morgan fingerprint density at radius 1 is 1.56 bits per heavy atom. The highest BCUT2D eigenvalue weighted by molar-refractivity contribution is 5.99. The third-order valence-electron chi connectivity index (χ3n) is 1.97. The quantitative estimate of drug-likeness (QED) is 0.522. The molecule has 0 heterocycles. The average Bonchev–Trinajstić information content (AvgIpc) is 2.25. The summed E-state index contributed by atoms with van der Waals surface area (Å²) in [5.41, 5.74) is 5.60. The van der Waals surface area contributed by atoms with E-state index in [1.165, 1.54) is 6.07 Å². The number of halogens is 1. The molecule has 0 fully saturated rings. The van der Waals surface area contributed by atoms with Crippen molar-refractivity contribution in [2.75, 3.05) is 18.9 Å². The van der Waals surface area contributed by atoms with Gasteiger partial charge >= 0.3 is 0 Å². The number of aliphatic hydroxyl groups is 2. The Balaban J connectivity index is 2.66. The number of anilines is 1. The van der Waals surface area contributed by atoms with Gasteiger partial charge in [-0.1, -0.05) is 0 Å². The van der Waals surface area contributed by atoms with Gasteiger partial charge in [0.25, 0.3) is 5.91 Å². The number of rotatable bonds is 4. The third-order valence-corrected chi connectivity index (χ3v) is 1.97. The van der Waals surface area contributed by atoms with Crippen molar-refractivity contribution >= 4 is 11.6 Å². The molecule has 5 N–H and O–H groups in total. The number of hydrogen-bond donors (Lipinski definition) is 4. The van der Waals surface area contributed by atoms with E-state index in [2.05, 4.69) is 5.32 Å². The van der Waals surface area contributed by atoms with Gasteiger partial charge in [-0.2, -0.15) is 0 Å². The molecule has 1 unspecified atom stereocenters. The van der Waals surface area contributed by atoms with Crippen LogP contribution in [-0.2, 0) is 0 Å². The van der Waals surface area contributed by atoms with Gasteiger partial charge in [-0.25, -0.2) is 4.39 Å². The van der Waals surface area contributed by atoms with E-state index in [1.807, 2.05) is 0 Å². The second-order valence-corrected chi connectivity index (χ2v) is 3.28. The van der Waals surface area contributed by atoms with Gasteiger partial charge in [0.1, 0.15) is 5.82 Å². The van der Waals surface area contributed by atoms with Crippen LogP contribution in [0.4, 0.5) is 10.1 Å². The van der Waals surface area contributed by atoms with Crippen molar-refractivity contribution in [1.82, 2.24) is 5.32 Å². The summed E-state index contributed by atoms with van der Waals surface area (Å²) in [6.07, 6.45) is -1.02. The van der Waals surface area contributed by atoms with Gasteiger partial charge in [-0.15, -0.1) is 0 Å². The van der Waals surface area contributed by atoms with Crippen molar-refractivity contribution in [1.29, 1.82) is 0 Å². The number of nitrogens with two attached hydrogens (primary N) is 1. The zero-order chi connectivity index (χ0) is 12.1. The Labute approximate surface area is 91.7 Å². The maximum Gasteiger partial charge on any atom is 0.253 e. The first-order valence-electron chi connectivity index (χ1n) is 4.66. The second-order valence-electron chi connectivity index (χ2n) is 3.28. The van der Waals surface area contributed by atoms with E-state index in [4.69, 9.17) is 15.9 Å². The lowest BCUT2D eigenvalue weighted by atomic mass is 10.1. The van der Waals surface area contributed by atoms with Crippen molar-refractivity contribution < 1.29 is 19.4 Å². The predicted octanol–water partition coefficient (Wildman–Crippen LogP) is -0.509. The predicted molar refractivity (Wildman–Crippen MR) is 56.2 cm³/mol. The molecule has 16 heavy (non-hydrogen) atoms. The van der Waals surface area contributed by atoms with E-state index in [0.29, 0.717) is 0 Å². The first-order valence-corrected chi connectivity index (χ1v) is 4.66. The molecule has 0 radical (unpaired) electrons. The molecule has 1 aromatic carbocycles. The lowest BCUT2D eigenvalue weighted by Crippen LogP contribution is -2.34. The molecule has 0 aromatic heterocycles. The number of hydrogen-bond acceptors (Lipinski definition) is 4. The van der Waals surface area contributed by atoms with Crippen molar-refractivity contribution in [3.63, 3.8) is 0 Å². The maximum atomic E-state index is 12.7. The normalized spacial score (nSPS) is 12.2. The number of carbonyl (C=O) groups is 1. The molecule has 1 atom stereocenters. The smallest absolute Gasteiger partial charge is 0.253 e. The highest BCUT2D eigenvalue weighted by Crippen LogP contribution is 2.12. The summed E-state index contributed by atoms with van der Waals surface area (Å²) in [5.74, 6) is -1.05. The summed E-state index contributed by atoms with van der Waals surface area (Å²) in [6.45, 7) is -0.536. The summed E-state index contributed by atoms with van der Waals surface area (Å²) in [5, 5.41) is 19.9. The Kier molecular flexibility index (Phi) is 4.21. The average molecular weight is 228 g/mol. The molecule has 1 amide bonds. The highest BCUT2D eigenvalue weighted by Gasteiger charge is 2.11. The first kappa shape index (κ1) is 12.4. The number of benzene rings is 1. The van der Waals surface area contributed by atoms with Crippen LogP contribution in [0.1, 0.15) is 10.4 Å². The molecule has 0 aliphatic heterocycles. The van der Waals surface area contributed by atoms with Crippen LogP contribution in [0.25, 0.3) is 0 Å². The maximum absolute atomic E-state index is 12.7. The minimum atomic E-state index is -1.02. The SMILES string of the molecule is Nc1cc(F)ccc1C(=O)NCC(O)CO. The first-order chi connectivity index (χ1) is 7.54. The molecule has 88 valence electrons. The van der Waals surface area contributed by atoms with Crippen LogP contribution < -0.4 is 11.1 Å². The summed E-state index contributed by atoms with van der Waals surface area (Å²) in [6, 6.07) is 3.41. The molecular weight excluding hydrogens is 215 g/mol. The van der Waals surface area contributed by atoms with Gasteiger partial charge in [0, 0.05) is 12.2 Å². The molecule has 0 saturated heterocycles. The topological polar surface area (TPSA) is 95.6 Å². The minimum Gasteiger partial charge on any atom is -0.398 e. The standard InChI is InChI=1S/C10H13FN2O3/c11-6-1-2-8(9(12)3-6)10(16)13-4-7(15)5-14/h1-3,7,14-15H,4-5,12H2,(H,13,16). The summed E-state index contributed by atoms with van der Waals surface area (Å²) < 4.78 is 12.7. The fraction of sp³-hybridized carbons (Fsp3) is 0.300. The molecule has 1 aromatic rings. The molecule has 0 aliphatic carbocycles. The molecular formula is C10H13FN2O3. The molecule has 1 rings (SSSR count). The number of aliphatic hydroxyl groups excluding tert-OH is 2. The Hall–Kier alpha value is -1.66. The van der Waals surface area contributed by atoms with Crippen molar-refractivity contribution in [3.8, 4) is 0 Å². The van der Waals surface area contributed by atoms with Crippen LogP contribution in [0.3, 0.4) is 0 Å². The largest absolute Gasteiger partial charge is 0.398 e. The zero-order valence-electron chi connectivity index (χ0n) is 8.48. The van der Waals surface area contributed by atoms with E-state index in [0.717, 1.165) is 12.1 Å². The molecule has 6 heteroatoms. The van der Waals surface area contributed by atoms with Gasteiger partial charge in [-0.05, 0) is 18.2 Å². The number of nitrogen functional groups attached to an aromatic ring is 1. The van der Waals surface area contributed by atoms with Crippen molar-refractivity contribution in [2.24, 2.45) is 0 Å². The van der Waals surface area contributed by atoms with Crippen LogP contribution in [-0.4, -0.2) is 35.4 Å². The fourth-order valence-corrected chi connectivity index (χ4v) is 1.11. The summed E-state index contributed by atoms with van der Waals surface area (Å²) in [7, 11) is 0. The summed E-state index contributed by atoms with van der Waals surface area (Å²) >= 11 is 0. The van der Waals surface area contributed by atoms with E-state index >= 15 is 0 Å². The van der Waals surface area contributed by atoms with Crippen LogP contribution in [0.15, 0.2) is 18.2 Å². The van der Waals surface area contributed by atoms with Crippen LogP contribution >= 0.6 is 0 Å². The lowest BCUT2D eigenvalue weighted by molar-refractivity contribution is 0.0802. The minimum absolute atomic E-state index is 0.0241. The van der Waals surface area contributed by atoms with Gasteiger partial charge in [0.15, 0.2) is 0 Å². The van der Waals surface area contributed by atoms with Gasteiger partial charge < -0.3 is 21.3 Å². The number of nitrogens with one attached hydrogen (secondary N) is 1. The second kappa shape index (κ2) is 5.43. The van der Waals surface area contributed by atoms with Gasteiger partial charge in [0.2, 0.25) is 0 Å². The monoisotopic (exact) mass is 228 g/mol. The van der Waals surface area contributed by atoms with E-state index in [9.17, 15) is 9.18 Å². The Bertz CT molecular complexity index is 384. The van der Waals surface area contributed by atoms with Crippen LogP contribution in [0.5, 0.6) is 0 Å². The van der Waals surface area contributed by atoms with Gasteiger partial charge in [0.05, 0.1) is 18.3 Å². The third kappa shape index (κ3) is 3.18. The number of amides is 1. The number of carbonyl (C=O) groups excluding carboxylic acids is 1. The Morgan fingerprint density at radius 2 is 2.25 bits per heavy atom.